The topological polar surface area (TPSA) is 59.9 Å². The van der Waals surface area contributed by atoms with Gasteiger partial charge in [0.05, 0.1) is 12.6 Å². The Morgan fingerprint density at radius 1 is 0.963 bits per heavy atom. The lowest BCUT2D eigenvalue weighted by Gasteiger charge is -2.12. The molecule has 27 heavy (non-hydrogen) atoms. The average molecular weight is 397 g/mol. The Labute approximate surface area is 166 Å². The Kier molecular flexibility index (Phi) is 4.79. The molecule has 2 aromatic carbocycles. The number of benzene rings is 2. The van der Waals surface area contributed by atoms with Crippen LogP contribution < -0.4 is 10.1 Å². The third-order valence-corrected chi connectivity index (χ3v) is 4.39. The van der Waals surface area contributed by atoms with E-state index in [-0.39, 0.29) is 0 Å². The number of fused-ring (bicyclic) bond motifs is 1. The van der Waals surface area contributed by atoms with Gasteiger partial charge in [-0.15, -0.1) is 0 Å². The second kappa shape index (κ2) is 7.39. The van der Waals surface area contributed by atoms with Crippen molar-refractivity contribution in [3.63, 3.8) is 0 Å². The first kappa shape index (κ1) is 17.5. The second-order valence-electron chi connectivity index (χ2n) is 5.80. The summed E-state index contributed by atoms with van der Waals surface area (Å²) in [6.45, 7) is 0. The molecular formula is C20H14Cl2N4O. The Bertz CT molecular complexity index is 1100. The number of nitrogens with one attached hydrogen (secondary N) is 1. The molecule has 0 atom stereocenters. The van der Waals surface area contributed by atoms with Crippen LogP contribution in [0.15, 0.2) is 60.9 Å². The quantitative estimate of drug-likeness (QED) is 0.475. The van der Waals surface area contributed by atoms with E-state index in [1.165, 1.54) is 0 Å². The van der Waals surface area contributed by atoms with Crippen molar-refractivity contribution in [3.8, 4) is 17.1 Å². The zero-order valence-electron chi connectivity index (χ0n) is 14.3. The maximum absolute atomic E-state index is 6.12. The third kappa shape index (κ3) is 3.79. The minimum absolute atomic E-state index is 0.539. The summed E-state index contributed by atoms with van der Waals surface area (Å²) in [7, 11) is 1.62. The molecule has 0 amide bonds. The van der Waals surface area contributed by atoms with Gasteiger partial charge in [0.2, 0.25) is 0 Å². The molecule has 2 heterocycles. The van der Waals surface area contributed by atoms with Crippen molar-refractivity contribution in [1.82, 2.24) is 15.0 Å². The predicted molar refractivity (Wildman–Crippen MR) is 109 cm³/mol. The van der Waals surface area contributed by atoms with Crippen LogP contribution in [0.4, 0.5) is 11.5 Å². The monoisotopic (exact) mass is 396 g/mol. The molecule has 7 heteroatoms. The lowest BCUT2D eigenvalue weighted by Crippen LogP contribution is -2.00. The lowest BCUT2D eigenvalue weighted by atomic mass is 10.2. The van der Waals surface area contributed by atoms with E-state index in [0.717, 1.165) is 27.9 Å². The fourth-order valence-corrected chi connectivity index (χ4v) is 3.24. The van der Waals surface area contributed by atoms with Gasteiger partial charge >= 0.3 is 0 Å². The Hall–Kier alpha value is -2.89. The average Bonchev–Trinajstić information content (AvgIpc) is 2.67. The Morgan fingerprint density at radius 2 is 1.78 bits per heavy atom. The lowest BCUT2D eigenvalue weighted by molar-refractivity contribution is 0.415. The van der Waals surface area contributed by atoms with Gasteiger partial charge < -0.3 is 10.1 Å². The molecule has 0 aliphatic heterocycles. The highest BCUT2D eigenvalue weighted by Gasteiger charge is 2.11. The molecule has 0 spiro atoms. The van der Waals surface area contributed by atoms with Crippen LogP contribution in [0.25, 0.3) is 22.3 Å². The molecule has 1 N–H and O–H groups in total. The summed E-state index contributed by atoms with van der Waals surface area (Å²) in [5.41, 5.74) is 2.30. The largest absolute Gasteiger partial charge is 0.497 e. The second-order valence-corrected chi connectivity index (χ2v) is 6.68. The van der Waals surface area contributed by atoms with Gasteiger partial charge in [-0.1, -0.05) is 23.2 Å². The molecule has 0 saturated heterocycles. The van der Waals surface area contributed by atoms with Gasteiger partial charge in [-0.25, -0.2) is 9.97 Å². The molecule has 5 nitrogen and oxygen atoms in total. The van der Waals surface area contributed by atoms with E-state index in [4.69, 9.17) is 32.9 Å². The van der Waals surface area contributed by atoms with Gasteiger partial charge in [0.15, 0.2) is 5.82 Å². The van der Waals surface area contributed by atoms with Gasteiger partial charge in [0.1, 0.15) is 11.6 Å². The number of rotatable bonds is 4. The summed E-state index contributed by atoms with van der Waals surface area (Å²) < 4.78 is 5.33. The zero-order chi connectivity index (χ0) is 18.8. The van der Waals surface area contributed by atoms with Crippen molar-refractivity contribution in [2.45, 2.75) is 0 Å². The molecule has 4 aromatic rings. The van der Waals surface area contributed by atoms with Gasteiger partial charge in [-0.05, 0) is 42.5 Å². The third-order valence-electron chi connectivity index (χ3n) is 3.95. The number of hydrogen-bond acceptors (Lipinski definition) is 5. The van der Waals surface area contributed by atoms with Crippen LogP contribution in [-0.4, -0.2) is 22.1 Å². The van der Waals surface area contributed by atoms with Crippen molar-refractivity contribution in [2.24, 2.45) is 0 Å². The fraction of sp³-hybridized carbons (Fsp3) is 0.0500. The number of anilines is 2. The van der Waals surface area contributed by atoms with Crippen molar-refractivity contribution in [1.29, 1.82) is 0 Å². The first-order valence-corrected chi connectivity index (χ1v) is 8.87. The number of aromatic nitrogens is 3. The highest BCUT2D eigenvalue weighted by atomic mass is 35.5. The predicted octanol–water partition coefficient (Wildman–Crippen LogP) is 5.75. The molecule has 0 aliphatic rings. The Morgan fingerprint density at radius 3 is 2.48 bits per heavy atom. The minimum atomic E-state index is 0.539. The van der Waals surface area contributed by atoms with Crippen LogP contribution in [0, 0.1) is 0 Å². The molecule has 0 bridgehead atoms. The van der Waals surface area contributed by atoms with E-state index in [2.05, 4.69) is 15.3 Å². The Balaban J connectivity index is 1.89. The highest BCUT2D eigenvalue weighted by Crippen LogP contribution is 2.31. The number of pyridine rings is 1. The van der Waals surface area contributed by atoms with Gasteiger partial charge in [0, 0.05) is 45.1 Å². The molecule has 0 saturated carbocycles. The smallest absolute Gasteiger partial charge is 0.163 e. The van der Waals surface area contributed by atoms with E-state index >= 15 is 0 Å². The van der Waals surface area contributed by atoms with Crippen molar-refractivity contribution >= 4 is 45.6 Å². The summed E-state index contributed by atoms with van der Waals surface area (Å²) in [5, 5.41) is 5.22. The maximum atomic E-state index is 6.12. The summed E-state index contributed by atoms with van der Waals surface area (Å²) in [5.74, 6) is 1.91. The van der Waals surface area contributed by atoms with Gasteiger partial charge in [-0.3, -0.25) is 4.98 Å². The minimum Gasteiger partial charge on any atom is -0.497 e. The molecule has 0 unspecified atom stereocenters. The van der Waals surface area contributed by atoms with Crippen LogP contribution >= 0.6 is 23.2 Å². The van der Waals surface area contributed by atoms with Gasteiger partial charge in [-0.2, -0.15) is 0 Å². The molecule has 0 radical (unpaired) electrons. The van der Waals surface area contributed by atoms with E-state index in [0.29, 0.717) is 21.7 Å². The van der Waals surface area contributed by atoms with E-state index < -0.39 is 0 Å². The number of nitrogens with zero attached hydrogens (tertiary/aromatic N) is 3. The number of hydrogen-bond donors (Lipinski definition) is 1. The van der Waals surface area contributed by atoms with Crippen LogP contribution in [0.5, 0.6) is 5.75 Å². The van der Waals surface area contributed by atoms with Crippen molar-refractivity contribution < 1.29 is 4.74 Å². The number of halogens is 2. The standard InChI is InChI=1S/C20H14Cl2N4O/c1-27-16-4-5-17-18(10-16)25-19(12-3-2-6-23-11-12)26-20(17)24-15-8-13(21)7-14(22)9-15/h2-11H,1H3,(H,24,25,26). The highest BCUT2D eigenvalue weighted by molar-refractivity contribution is 6.35. The number of ether oxygens (including phenoxy) is 1. The van der Waals surface area contributed by atoms with E-state index in [9.17, 15) is 0 Å². The molecular weight excluding hydrogens is 383 g/mol. The zero-order valence-corrected chi connectivity index (χ0v) is 15.8. The molecule has 0 fully saturated rings. The summed E-state index contributed by atoms with van der Waals surface area (Å²) in [4.78, 5) is 13.5. The van der Waals surface area contributed by atoms with Crippen LogP contribution in [0.1, 0.15) is 0 Å². The van der Waals surface area contributed by atoms with E-state index in [1.807, 2.05) is 30.3 Å². The number of methoxy groups -OCH3 is 1. The fourth-order valence-electron chi connectivity index (χ4n) is 2.72. The summed E-state index contributed by atoms with van der Waals surface area (Å²) >= 11 is 12.2. The first-order valence-electron chi connectivity index (χ1n) is 8.12. The SMILES string of the molecule is COc1ccc2c(Nc3cc(Cl)cc(Cl)c3)nc(-c3cccnc3)nc2c1. The van der Waals surface area contributed by atoms with Crippen LogP contribution in [0.3, 0.4) is 0 Å². The molecule has 134 valence electrons. The maximum Gasteiger partial charge on any atom is 0.163 e. The molecule has 0 aliphatic carbocycles. The molecule has 4 rings (SSSR count). The van der Waals surface area contributed by atoms with Crippen LogP contribution in [0.2, 0.25) is 10.0 Å². The van der Waals surface area contributed by atoms with Crippen molar-refractivity contribution in [2.75, 3.05) is 12.4 Å². The summed E-state index contributed by atoms with van der Waals surface area (Å²) in [6.07, 6.45) is 3.43. The van der Waals surface area contributed by atoms with Crippen molar-refractivity contribution in [3.05, 3.63) is 71.0 Å². The van der Waals surface area contributed by atoms with Gasteiger partial charge in [0.25, 0.3) is 0 Å². The normalized spacial score (nSPS) is 10.8. The summed E-state index contributed by atoms with van der Waals surface area (Å²) in [6, 6.07) is 14.7. The van der Waals surface area contributed by atoms with E-state index in [1.54, 1.807) is 37.7 Å². The first-order chi connectivity index (χ1) is 13.1. The molecule has 2 aromatic heterocycles. The van der Waals surface area contributed by atoms with Crippen LogP contribution in [-0.2, 0) is 0 Å².